The van der Waals surface area contributed by atoms with Crippen LogP contribution in [0.5, 0.6) is 0 Å². The fourth-order valence-electron chi connectivity index (χ4n) is 3.62. The van der Waals surface area contributed by atoms with Gasteiger partial charge in [-0.2, -0.15) is 10.4 Å². The molecule has 5 heteroatoms. The summed E-state index contributed by atoms with van der Waals surface area (Å²) >= 11 is 0. The summed E-state index contributed by atoms with van der Waals surface area (Å²) in [6, 6.07) is 4.38. The SMILES string of the molecule is CCn1nccc1[C@@H]1OCCC[C@H]1CN1CC(CC#N)C1. The van der Waals surface area contributed by atoms with E-state index in [1.54, 1.807) is 0 Å². The molecule has 2 fully saturated rings. The van der Waals surface area contributed by atoms with Gasteiger partial charge in [0.25, 0.3) is 0 Å². The van der Waals surface area contributed by atoms with E-state index >= 15 is 0 Å². The Balaban J connectivity index is 1.62. The number of aryl methyl sites for hydroxylation is 1. The van der Waals surface area contributed by atoms with Crippen molar-refractivity contribution in [2.45, 2.75) is 38.8 Å². The van der Waals surface area contributed by atoms with Gasteiger partial charge in [-0.15, -0.1) is 0 Å². The molecule has 2 saturated heterocycles. The molecule has 2 aliphatic heterocycles. The lowest BCUT2D eigenvalue weighted by molar-refractivity contribution is -0.0548. The Morgan fingerprint density at radius 1 is 1.48 bits per heavy atom. The third-order valence-corrected chi connectivity index (χ3v) is 4.69. The first-order valence-electron chi connectivity index (χ1n) is 8.04. The van der Waals surface area contributed by atoms with E-state index < -0.39 is 0 Å². The summed E-state index contributed by atoms with van der Waals surface area (Å²) < 4.78 is 8.13. The van der Waals surface area contributed by atoms with Gasteiger partial charge < -0.3 is 9.64 Å². The van der Waals surface area contributed by atoms with Crippen molar-refractivity contribution in [1.82, 2.24) is 14.7 Å². The Bertz CT molecular complexity index is 501. The van der Waals surface area contributed by atoms with Gasteiger partial charge in [0.05, 0.1) is 11.8 Å². The number of aromatic nitrogens is 2. The molecule has 1 aromatic rings. The average molecular weight is 288 g/mol. The molecule has 114 valence electrons. The standard InChI is InChI=1S/C16H24N4O/c1-2-20-15(6-8-18-20)16-14(4-3-9-21-16)12-19-10-13(11-19)5-7-17/h6,8,13-14,16H,2-5,9-12H2,1H3/t14-,16+/m0/s1. The average Bonchev–Trinajstić information content (AvgIpc) is 2.94. The highest BCUT2D eigenvalue weighted by Crippen LogP contribution is 2.35. The van der Waals surface area contributed by atoms with Crippen molar-refractivity contribution >= 4 is 0 Å². The van der Waals surface area contributed by atoms with Gasteiger partial charge in [0.15, 0.2) is 0 Å². The number of nitrogens with zero attached hydrogens (tertiary/aromatic N) is 4. The van der Waals surface area contributed by atoms with Gasteiger partial charge in [0.2, 0.25) is 0 Å². The normalized spacial score (nSPS) is 27.2. The molecule has 0 amide bonds. The topological polar surface area (TPSA) is 54.1 Å². The lowest BCUT2D eigenvalue weighted by Gasteiger charge is -2.43. The largest absolute Gasteiger partial charge is 0.372 e. The molecule has 2 aliphatic rings. The van der Waals surface area contributed by atoms with Crippen LogP contribution in [-0.4, -0.2) is 40.9 Å². The molecule has 3 rings (SSSR count). The molecule has 5 nitrogen and oxygen atoms in total. The van der Waals surface area contributed by atoms with Crippen LogP contribution < -0.4 is 0 Å². The van der Waals surface area contributed by atoms with E-state index in [-0.39, 0.29) is 6.10 Å². The van der Waals surface area contributed by atoms with Crippen molar-refractivity contribution in [3.63, 3.8) is 0 Å². The summed E-state index contributed by atoms with van der Waals surface area (Å²) in [7, 11) is 0. The van der Waals surface area contributed by atoms with Crippen LogP contribution in [0, 0.1) is 23.2 Å². The van der Waals surface area contributed by atoms with Gasteiger partial charge in [-0.25, -0.2) is 0 Å². The van der Waals surface area contributed by atoms with Crippen molar-refractivity contribution in [3.05, 3.63) is 18.0 Å². The first-order valence-corrected chi connectivity index (χ1v) is 8.04. The molecule has 0 radical (unpaired) electrons. The van der Waals surface area contributed by atoms with Crippen molar-refractivity contribution in [1.29, 1.82) is 5.26 Å². The van der Waals surface area contributed by atoms with E-state index in [0.29, 0.717) is 18.3 Å². The van der Waals surface area contributed by atoms with Gasteiger partial charge in [0, 0.05) is 51.3 Å². The van der Waals surface area contributed by atoms with Gasteiger partial charge >= 0.3 is 0 Å². The molecule has 0 unspecified atom stereocenters. The van der Waals surface area contributed by atoms with Crippen LogP contribution >= 0.6 is 0 Å². The number of nitriles is 1. The Morgan fingerprint density at radius 3 is 3.10 bits per heavy atom. The summed E-state index contributed by atoms with van der Waals surface area (Å²) in [6.45, 7) is 7.10. The Labute approximate surface area is 126 Å². The van der Waals surface area contributed by atoms with Crippen LogP contribution in [0.25, 0.3) is 0 Å². The highest BCUT2D eigenvalue weighted by atomic mass is 16.5. The maximum atomic E-state index is 8.74. The van der Waals surface area contributed by atoms with Crippen LogP contribution in [0.3, 0.4) is 0 Å². The summed E-state index contributed by atoms with van der Waals surface area (Å²) in [6.07, 6.45) is 5.12. The van der Waals surface area contributed by atoms with Crippen LogP contribution in [-0.2, 0) is 11.3 Å². The number of likely N-dealkylation sites (tertiary alicyclic amines) is 1. The second-order valence-electron chi connectivity index (χ2n) is 6.21. The molecule has 2 atom stereocenters. The minimum Gasteiger partial charge on any atom is -0.372 e. The van der Waals surface area contributed by atoms with Gasteiger partial charge in [-0.05, 0) is 31.7 Å². The molecule has 0 bridgehead atoms. The minimum absolute atomic E-state index is 0.177. The minimum atomic E-state index is 0.177. The van der Waals surface area contributed by atoms with Crippen LogP contribution in [0.4, 0.5) is 0 Å². The molecule has 21 heavy (non-hydrogen) atoms. The van der Waals surface area contributed by atoms with Crippen molar-refractivity contribution in [2.24, 2.45) is 11.8 Å². The number of rotatable bonds is 5. The van der Waals surface area contributed by atoms with Crippen LogP contribution in [0.1, 0.15) is 38.0 Å². The van der Waals surface area contributed by atoms with E-state index in [9.17, 15) is 0 Å². The molecular weight excluding hydrogens is 264 g/mol. The highest BCUT2D eigenvalue weighted by molar-refractivity contribution is 5.08. The fourth-order valence-corrected chi connectivity index (χ4v) is 3.62. The van der Waals surface area contributed by atoms with Crippen molar-refractivity contribution < 1.29 is 4.74 Å². The summed E-state index contributed by atoms with van der Waals surface area (Å²) in [5, 5.41) is 13.1. The molecule has 3 heterocycles. The first kappa shape index (κ1) is 14.6. The van der Waals surface area contributed by atoms with E-state index in [2.05, 4.69) is 33.7 Å². The number of hydrogen-bond donors (Lipinski definition) is 0. The number of hydrogen-bond acceptors (Lipinski definition) is 4. The molecule has 0 saturated carbocycles. The number of ether oxygens (including phenoxy) is 1. The lowest BCUT2D eigenvalue weighted by Crippen LogP contribution is -2.49. The molecule has 0 N–H and O–H groups in total. The Hall–Kier alpha value is -1.38. The quantitative estimate of drug-likeness (QED) is 0.833. The highest BCUT2D eigenvalue weighted by Gasteiger charge is 2.34. The van der Waals surface area contributed by atoms with Crippen LogP contribution in [0.2, 0.25) is 0 Å². The molecular formula is C16H24N4O. The maximum absolute atomic E-state index is 8.74. The lowest BCUT2D eigenvalue weighted by atomic mass is 9.88. The maximum Gasteiger partial charge on any atom is 0.103 e. The Morgan fingerprint density at radius 2 is 2.33 bits per heavy atom. The van der Waals surface area contributed by atoms with Gasteiger partial charge in [0.1, 0.15) is 6.10 Å². The zero-order valence-corrected chi connectivity index (χ0v) is 12.7. The second kappa shape index (κ2) is 6.59. The van der Waals surface area contributed by atoms with E-state index in [0.717, 1.165) is 39.2 Å². The zero-order chi connectivity index (χ0) is 14.7. The van der Waals surface area contributed by atoms with Gasteiger partial charge in [-0.3, -0.25) is 4.68 Å². The Kier molecular flexibility index (Phi) is 4.57. The molecule has 0 aromatic carbocycles. The molecule has 0 aliphatic carbocycles. The third-order valence-electron chi connectivity index (χ3n) is 4.69. The smallest absolute Gasteiger partial charge is 0.103 e. The summed E-state index contributed by atoms with van der Waals surface area (Å²) in [5.74, 6) is 1.13. The predicted molar refractivity (Wildman–Crippen MR) is 79.5 cm³/mol. The second-order valence-corrected chi connectivity index (χ2v) is 6.21. The van der Waals surface area contributed by atoms with Crippen LogP contribution in [0.15, 0.2) is 12.3 Å². The molecule has 0 spiro atoms. The third kappa shape index (κ3) is 3.12. The van der Waals surface area contributed by atoms with Crippen molar-refractivity contribution in [3.8, 4) is 6.07 Å². The van der Waals surface area contributed by atoms with Crippen molar-refractivity contribution in [2.75, 3.05) is 26.2 Å². The van der Waals surface area contributed by atoms with E-state index in [1.165, 1.54) is 12.1 Å². The summed E-state index contributed by atoms with van der Waals surface area (Å²) in [4.78, 5) is 2.47. The molecule has 1 aromatic heterocycles. The van der Waals surface area contributed by atoms with E-state index in [1.807, 2.05) is 6.20 Å². The summed E-state index contributed by atoms with van der Waals surface area (Å²) in [5.41, 5.74) is 1.22. The van der Waals surface area contributed by atoms with E-state index in [4.69, 9.17) is 10.00 Å². The van der Waals surface area contributed by atoms with Gasteiger partial charge in [-0.1, -0.05) is 0 Å². The monoisotopic (exact) mass is 288 g/mol. The first-order chi connectivity index (χ1) is 10.3. The zero-order valence-electron chi connectivity index (χ0n) is 12.7. The fraction of sp³-hybridized carbons (Fsp3) is 0.750. The predicted octanol–water partition coefficient (Wildman–Crippen LogP) is 2.22.